The number of hydrogen-bond acceptors (Lipinski definition) is 5. The molecular formula is C16H22N4O4S2. The van der Waals surface area contributed by atoms with E-state index in [4.69, 9.17) is 0 Å². The number of nitrogens with zero attached hydrogens (tertiary/aromatic N) is 4. The van der Waals surface area contributed by atoms with Crippen molar-refractivity contribution in [2.75, 3.05) is 26.2 Å². The summed E-state index contributed by atoms with van der Waals surface area (Å²) in [5, 5.41) is 4.19. The molecule has 0 radical (unpaired) electrons. The van der Waals surface area contributed by atoms with Crippen LogP contribution >= 0.6 is 0 Å². The Morgan fingerprint density at radius 3 is 1.96 bits per heavy atom. The smallest absolute Gasteiger partial charge is 0.246 e. The third kappa shape index (κ3) is 3.41. The van der Waals surface area contributed by atoms with Gasteiger partial charge in [-0.15, -0.1) is 0 Å². The fraction of sp³-hybridized carbons (Fsp3) is 0.438. The summed E-state index contributed by atoms with van der Waals surface area (Å²) >= 11 is 0. The molecule has 2 aromatic rings. The van der Waals surface area contributed by atoms with Gasteiger partial charge in [-0.25, -0.2) is 16.8 Å². The van der Waals surface area contributed by atoms with Gasteiger partial charge in [0.1, 0.15) is 4.90 Å². The second-order valence-corrected chi connectivity index (χ2v) is 9.90. The molecule has 1 aromatic carbocycles. The molecule has 0 amide bonds. The summed E-state index contributed by atoms with van der Waals surface area (Å²) < 4.78 is 55.3. The average molecular weight is 399 g/mol. The van der Waals surface area contributed by atoms with E-state index in [0.29, 0.717) is 12.2 Å². The quantitative estimate of drug-likeness (QED) is 0.746. The molecule has 1 saturated heterocycles. The molecule has 0 atom stereocenters. The number of rotatable bonds is 5. The maximum absolute atomic E-state index is 12.9. The van der Waals surface area contributed by atoms with Crippen LogP contribution in [0.25, 0.3) is 0 Å². The van der Waals surface area contributed by atoms with Crippen molar-refractivity contribution in [1.29, 1.82) is 0 Å². The lowest BCUT2D eigenvalue weighted by molar-refractivity contribution is 0.272. The Kier molecular flexibility index (Phi) is 5.20. The molecule has 0 saturated carbocycles. The van der Waals surface area contributed by atoms with Gasteiger partial charge in [-0.3, -0.25) is 4.68 Å². The third-order valence-electron chi connectivity index (χ3n) is 4.42. The second kappa shape index (κ2) is 7.10. The Morgan fingerprint density at radius 2 is 1.46 bits per heavy atom. The van der Waals surface area contributed by atoms with Crippen LogP contribution < -0.4 is 0 Å². The zero-order valence-corrected chi connectivity index (χ0v) is 16.4. The van der Waals surface area contributed by atoms with Crippen molar-refractivity contribution in [2.45, 2.75) is 30.2 Å². The van der Waals surface area contributed by atoms with E-state index in [1.165, 1.54) is 14.8 Å². The number of sulfonamides is 2. The Labute approximate surface area is 154 Å². The van der Waals surface area contributed by atoms with E-state index in [1.807, 2.05) is 6.92 Å². The summed E-state index contributed by atoms with van der Waals surface area (Å²) in [6.45, 7) is 4.61. The highest BCUT2D eigenvalue weighted by atomic mass is 32.2. The standard InChI is InChI=1S/C16H22N4O4S2/c1-3-18-13-16(14(2)17-18)26(23,24)20-11-9-19(10-12-20)25(21,22)15-7-5-4-6-8-15/h4-8,13H,3,9-12H2,1-2H3. The van der Waals surface area contributed by atoms with Gasteiger partial charge < -0.3 is 0 Å². The fourth-order valence-corrected chi connectivity index (χ4v) is 5.98. The number of aryl methyl sites for hydroxylation is 2. The lowest BCUT2D eigenvalue weighted by Crippen LogP contribution is -2.50. The van der Waals surface area contributed by atoms with Crippen LogP contribution in [0.4, 0.5) is 0 Å². The zero-order chi connectivity index (χ0) is 18.9. The van der Waals surface area contributed by atoms with E-state index in [2.05, 4.69) is 5.10 Å². The monoisotopic (exact) mass is 398 g/mol. The summed E-state index contributed by atoms with van der Waals surface area (Å²) in [6.07, 6.45) is 1.53. The van der Waals surface area contributed by atoms with Crippen LogP contribution in [0.5, 0.6) is 0 Å². The predicted octanol–water partition coefficient (Wildman–Crippen LogP) is 0.907. The van der Waals surface area contributed by atoms with Gasteiger partial charge in [-0.05, 0) is 26.0 Å². The van der Waals surface area contributed by atoms with Crippen molar-refractivity contribution in [1.82, 2.24) is 18.4 Å². The molecule has 0 bridgehead atoms. The SMILES string of the molecule is CCn1cc(S(=O)(=O)N2CCN(S(=O)(=O)c3ccccc3)CC2)c(C)n1. The van der Waals surface area contributed by atoms with Gasteiger partial charge in [0.2, 0.25) is 20.0 Å². The van der Waals surface area contributed by atoms with Gasteiger partial charge in [0.25, 0.3) is 0 Å². The minimum atomic E-state index is -3.69. The lowest BCUT2D eigenvalue weighted by Gasteiger charge is -2.33. The molecule has 0 aliphatic carbocycles. The van der Waals surface area contributed by atoms with Crippen LogP contribution in [0.3, 0.4) is 0 Å². The molecular weight excluding hydrogens is 376 g/mol. The Hall–Kier alpha value is -1.75. The van der Waals surface area contributed by atoms with E-state index in [9.17, 15) is 16.8 Å². The van der Waals surface area contributed by atoms with Gasteiger partial charge >= 0.3 is 0 Å². The van der Waals surface area contributed by atoms with Crippen LogP contribution in [-0.2, 0) is 26.6 Å². The molecule has 1 fully saturated rings. The van der Waals surface area contributed by atoms with Gasteiger partial charge in [-0.1, -0.05) is 18.2 Å². The van der Waals surface area contributed by atoms with Crippen molar-refractivity contribution in [3.8, 4) is 0 Å². The molecule has 3 rings (SSSR count). The van der Waals surface area contributed by atoms with E-state index in [1.54, 1.807) is 41.9 Å². The molecule has 26 heavy (non-hydrogen) atoms. The minimum absolute atomic E-state index is 0.116. The second-order valence-electron chi connectivity index (χ2n) is 6.06. The number of aromatic nitrogens is 2. The number of hydrogen-bond donors (Lipinski definition) is 0. The van der Waals surface area contributed by atoms with Crippen molar-refractivity contribution < 1.29 is 16.8 Å². The summed E-state index contributed by atoms with van der Waals surface area (Å²) in [5.74, 6) is 0. The highest BCUT2D eigenvalue weighted by Gasteiger charge is 2.35. The first kappa shape index (κ1) is 19.0. The normalized spacial score (nSPS) is 17.5. The lowest BCUT2D eigenvalue weighted by atomic mass is 10.4. The van der Waals surface area contributed by atoms with Crippen molar-refractivity contribution in [3.05, 3.63) is 42.2 Å². The predicted molar refractivity (Wildman–Crippen MR) is 96.6 cm³/mol. The maximum Gasteiger partial charge on any atom is 0.246 e. The Balaban J connectivity index is 1.77. The molecule has 142 valence electrons. The van der Waals surface area contributed by atoms with E-state index in [-0.39, 0.29) is 36.0 Å². The topological polar surface area (TPSA) is 92.6 Å². The first-order valence-electron chi connectivity index (χ1n) is 8.36. The van der Waals surface area contributed by atoms with Crippen LogP contribution in [0.1, 0.15) is 12.6 Å². The largest absolute Gasteiger partial charge is 0.271 e. The van der Waals surface area contributed by atoms with Gasteiger partial charge in [0.15, 0.2) is 0 Å². The first-order chi connectivity index (χ1) is 12.3. The van der Waals surface area contributed by atoms with Crippen LogP contribution in [0.2, 0.25) is 0 Å². The van der Waals surface area contributed by atoms with Crippen molar-refractivity contribution in [2.24, 2.45) is 0 Å². The summed E-state index contributed by atoms with van der Waals surface area (Å²) in [5.41, 5.74) is 0.450. The highest BCUT2D eigenvalue weighted by Crippen LogP contribution is 2.23. The van der Waals surface area contributed by atoms with Gasteiger partial charge in [0, 0.05) is 38.9 Å². The first-order valence-corrected chi connectivity index (χ1v) is 11.2. The molecule has 0 spiro atoms. The van der Waals surface area contributed by atoms with Crippen LogP contribution in [-0.4, -0.2) is 61.4 Å². The Morgan fingerprint density at radius 1 is 0.923 bits per heavy atom. The molecule has 1 aliphatic heterocycles. The van der Waals surface area contributed by atoms with Crippen molar-refractivity contribution in [3.63, 3.8) is 0 Å². The Bertz CT molecular complexity index is 977. The third-order valence-corrected chi connectivity index (χ3v) is 8.34. The molecule has 0 N–H and O–H groups in total. The van der Waals surface area contributed by atoms with E-state index >= 15 is 0 Å². The molecule has 1 aliphatic rings. The molecule has 8 nitrogen and oxygen atoms in total. The summed E-state index contributed by atoms with van der Waals surface area (Å²) in [7, 11) is -7.30. The molecule has 1 aromatic heterocycles. The molecule has 0 unspecified atom stereocenters. The zero-order valence-electron chi connectivity index (χ0n) is 14.7. The number of benzene rings is 1. The van der Waals surface area contributed by atoms with Crippen LogP contribution in [0.15, 0.2) is 46.3 Å². The minimum Gasteiger partial charge on any atom is -0.271 e. The van der Waals surface area contributed by atoms with Crippen LogP contribution in [0, 0.1) is 6.92 Å². The molecule has 2 heterocycles. The van der Waals surface area contributed by atoms with E-state index < -0.39 is 20.0 Å². The number of piperazine rings is 1. The highest BCUT2D eigenvalue weighted by molar-refractivity contribution is 7.89. The summed E-state index contributed by atoms with van der Waals surface area (Å²) in [6, 6.07) is 8.17. The summed E-state index contributed by atoms with van der Waals surface area (Å²) in [4.78, 5) is 0.398. The van der Waals surface area contributed by atoms with Gasteiger partial charge in [0.05, 0.1) is 10.6 Å². The average Bonchev–Trinajstić information content (AvgIpc) is 3.04. The fourth-order valence-electron chi connectivity index (χ4n) is 2.95. The van der Waals surface area contributed by atoms with Crippen molar-refractivity contribution >= 4 is 20.0 Å². The maximum atomic E-state index is 12.9. The van der Waals surface area contributed by atoms with Gasteiger partial charge in [-0.2, -0.15) is 13.7 Å². The molecule has 10 heteroatoms. The van der Waals surface area contributed by atoms with E-state index in [0.717, 1.165) is 0 Å².